The maximum absolute atomic E-state index is 12.6. The fourth-order valence-electron chi connectivity index (χ4n) is 3.76. The van der Waals surface area contributed by atoms with Crippen molar-refractivity contribution < 1.29 is 19.0 Å². The molecular weight excluding hydrogens is 306 g/mol. The van der Waals surface area contributed by atoms with E-state index in [-0.39, 0.29) is 12.0 Å². The minimum atomic E-state index is 0.108. The van der Waals surface area contributed by atoms with E-state index >= 15 is 0 Å². The first-order valence-corrected chi connectivity index (χ1v) is 8.97. The van der Waals surface area contributed by atoms with Gasteiger partial charge < -0.3 is 19.1 Å². The normalized spacial score (nSPS) is 27.2. The highest BCUT2D eigenvalue weighted by Crippen LogP contribution is 2.31. The summed E-state index contributed by atoms with van der Waals surface area (Å²) in [4.78, 5) is 14.5. The smallest absolute Gasteiger partial charge is 0.227 e. The molecule has 3 aliphatic heterocycles. The van der Waals surface area contributed by atoms with Crippen LogP contribution in [-0.2, 0) is 20.7 Å². The highest BCUT2D eigenvalue weighted by Gasteiger charge is 2.37. The first-order valence-electron chi connectivity index (χ1n) is 8.97. The molecule has 2 atom stereocenters. The third-order valence-electron chi connectivity index (χ3n) is 5.39. The van der Waals surface area contributed by atoms with Crippen LogP contribution in [0, 0.1) is 11.8 Å². The Balaban J connectivity index is 1.32. The third-order valence-corrected chi connectivity index (χ3v) is 5.39. The van der Waals surface area contributed by atoms with E-state index in [0.717, 1.165) is 57.1 Å². The number of ether oxygens (including phenoxy) is 3. The Morgan fingerprint density at radius 2 is 1.88 bits per heavy atom. The van der Waals surface area contributed by atoms with Crippen LogP contribution in [0.2, 0.25) is 0 Å². The molecule has 3 saturated heterocycles. The van der Waals surface area contributed by atoms with Gasteiger partial charge in [0.1, 0.15) is 11.9 Å². The molecule has 24 heavy (non-hydrogen) atoms. The molecule has 1 amide bonds. The second kappa shape index (κ2) is 7.11. The minimum absolute atomic E-state index is 0.108. The van der Waals surface area contributed by atoms with Gasteiger partial charge in [0.15, 0.2) is 0 Å². The van der Waals surface area contributed by atoms with E-state index in [1.54, 1.807) is 0 Å². The van der Waals surface area contributed by atoms with Crippen molar-refractivity contribution in [2.24, 2.45) is 11.8 Å². The quantitative estimate of drug-likeness (QED) is 0.827. The molecule has 0 aliphatic carbocycles. The van der Waals surface area contributed by atoms with Gasteiger partial charge in [-0.1, -0.05) is 18.2 Å². The molecule has 0 saturated carbocycles. The van der Waals surface area contributed by atoms with Gasteiger partial charge in [0.25, 0.3) is 0 Å². The number of amides is 1. The SMILES string of the molecule is O=C(Cc1ccccc1OC1CCOC1)N1CC(C2CCOC2)C1. The Kier molecular flexibility index (Phi) is 4.72. The lowest BCUT2D eigenvalue weighted by atomic mass is 9.85. The Hall–Kier alpha value is -1.59. The minimum Gasteiger partial charge on any atom is -0.488 e. The summed E-state index contributed by atoms with van der Waals surface area (Å²) in [6.07, 6.45) is 2.58. The molecule has 0 N–H and O–H groups in total. The number of para-hydroxylation sites is 1. The number of nitrogens with zero attached hydrogens (tertiary/aromatic N) is 1. The third kappa shape index (κ3) is 3.42. The highest BCUT2D eigenvalue weighted by molar-refractivity contribution is 5.80. The molecule has 0 radical (unpaired) electrons. The molecule has 1 aromatic rings. The number of hydrogen-bond acceptors (Lipinski definition) is 4. The largest absolute Gasteiger partial charge is 0.488 e. The monoisotopic (exact) mass is 331 g/mol. The van der Waals surface area contributed by atoms with Gasteiger partial charge in [0, 0.05) is 38.3 Å². The average molecular weight is 331 g/mol. The highest BCUT2D eigenvalue weighted by atomic mass is 16.5. The standard InChI is InChI=1S/C19H25NO4/c21-19(20-10-16(11-20)15-5-7-22-12-15)9-14-3-1-2-4-18(14)24-17-6-8-23-13-17/h1-4,15-17H,5-13H2. The van der Waals surface area contributed by atoms with Crippen LogP contribution in [0.4, 0.5) is 0 Å². The summed E-state index contributed by atoms with van der Waals surface area (Å²) >= 11 is 0. The van der Waals surface area contributed by atoms with Crippen LogP contribution >= 0.6 is 0 Å². The maximum Gasteiger partial charge on any atom is 0.227 e. The van der Waals surface area contributed by atoms with E-state index in [2.05, 4.69) is 0 Å². The van der Waals surface area contributed by atoms with Crippen LogP contribution in [-0.4, -0.2) is 56.4 Å². The van der Waals surface area contributed by atoms with Crippen molar-refractivity contribution in [3.8, 4) is 5.75 Å². The zero-order valence-corrected chi connectivity index (χ0v) is 14.0. The van der Waals surface area contributed by atoms with Gasteiger partial charge in [-0.3, -0.25) is 4.79 Å². The summed E-state index contributed by atoms with van der Waals surface area (Å²) in [5.74, 6) is 2.29. The fourth-order valence-corrected chi connectivity index (χ4v) is 3.76. The second-order valence-corrected chi connectivity index (χ2v) is 7.07. The second-order valence-electron chi connectivity index (χ2n) is 7.07. The van der Waals surface area contributed by atoms with Crippen LogP contribution in [0.1, 0.15) is 18.4 Å². The molecule has 0 aromatic heterocycles. The van der Waals surface area contributed by atoms with E-state index < -0.39 is 0 Å². The summed E-state index contributed by atoms with van der Waals surface area (Å²) in [6, 6.07) is 7.87. The predicted octanol–water partition coefficient (Wildman–Crippen LogP) is 1.89. The number of carbonyl (C=O) groups excluding carboxylic acids is 1. The maximum atomic E-state index is 12.6. The van der Waals surface area contributed by atoms with Crippen molar-refractivity contribution >= 4 is 5.91 Å². The van der Waals surface area contributed by atoms with Gasteiger partial charge in [-0.25, -0.2) is 0 Å². The number of likely N-dealkylation sites (tertiary alicyclic amines) is 1. The van der Waals surface area contributed by atoms with Crippen molar-refractivity contribution in [3.63, 3.8) is 0 Å². The van der Waals surface area contributed by atoms with E-state index in [0.29, 0.717) is 24.9 Å². The lowest BCUT2D eigenvalue weighted by Gasteiger charge is -2.42. The van der Waals surface area contributed by atoms with Crippen molar-refractivity contribution in [2.45, 2.75) is 25.4 Å². The van der Waals surface area contributed by atoms with Gasteiger partial charge in [-0.15, -0.1) is 0 Å². The molecule has 5 heteroatoms. The molecule has 4 rings (SSSR count). The zero-order chi connectivity index (χ0) is 16.4. The fraction of sp³-hybridized carbons (Fsp3) is 0.632. The Morgan fingerprint density at radius 1 is 1.08 bits per heavy atom. The molecule has 5 nitrogen and oxygen atoms in total. The van der Waals surface area contributed by atoms with Crippen molar-refractivity contribution in [1.82, 2.24) is 4.90 Å². The summed E-state index contributed by atoms with van der Waals surface area (Å²) < 4.78 is 16.8. The van der Waals surface area contributed by atoms with Crippen LogP contribution in [0.25, 0.3) is 0 Å². The summed E-state index contributed by atoms with van der Waals surface area (Å²) in [6.45, 7) is 4.90. The predicted molar refractivity (Wildman–Crippen MR) is 89.0 cm³/mol. The van der Waals surface area contributed by atoms with Gasteiger partial charge >= 0.3 is 0 Å². The Labute approximate surface area is 142 Å². The lowest BCUT2D eigenvalue weighted by molar-refractivity contribution is -0.138. The van der Waals surface area contributed by atoms with E-state index in [9.17, 15) is 4.79 Å². The zero-order valence-electron chi connectivity index (χ0n) is 14.0. The molecule has 3 fully saturated rings. The number of benzene rings is 1. The van der Waals surface area contributed by atoms with Crippen molar-refractivity contribution in [1.29, 1.82) is 0 Å². The molecule has 0 bridgehead atoms. The van der Waals surface area contributed by atoms with Crippen molar-refractivity contribution in [2.75, 3.05) is 39.5 Å². The topological polar surface area (TPSA) is 48.0 Å². The lowest BCUT2D eigenvalue weighted by Crippen LogP contribution is -2.53. The van der Waals surface area contributed by atoms with Crippen LogP contribution in [0.5, 0.6) is 5.75 Å². The van der Waals surface area contributed by atoms with Crippen molar-refractivity contribution in [3.05, 3.63) is 29.8 Å². The molecule has 3 heterocycles. The van der Waals surface area contributed by atoms with Gasteiger partial charge in [-0.05, 0) is 24.3 Å². The van der Waals surface area contributed by atoms with E-state index in [4.69, 9.17) is 14.2 Å². The number of rotatable bonds is 5. The number of hydrogen-bond donors (Lipinski definition) is 0. The summed E-state index contributed by atoms with van der Waals surface area (Å²) in [5, 5.41) is 0. The first-order chi connectivity index (χ1) is 11.8. The first kappa shape index (κ1) is 15.9. The van der Waals surface area contributed by atoms with Crippen LogP contribution in [0.15, 0.2) is 24.3 Å². The van der Waals surface area contributed by atoms with E-state index in [1.807, 2.05) is 29.2 Å². The molecular formula is C19H25NO4. The Bertz CT molecular complexity index is 572. The number of carbonyl (C=O) groups is 1. The van der Waals surface area contributed by atoms with Crippen LogP contribution in [0.3, 0.4) is 0 Å². The van der Waals surface area contributed by atoms with E-state index in [1.165, 1.54) is 0 Å². The summed E-state index contributed by atoms with van der Waals surface area (Å²) in [7, 11) is 0. The van der Waals surface area contributed by atoms with Gasteiger partial charge in [0.05, 0.1) is 19.6 Å². The molecule has 1 aromatic carbocycles. The molecule has 3 aliphatic rings. The Morgan fingerprint density at radius 3 is 2.62 bits per heavy atom. The van der Waals surface area contributed by atoms with Crippen LogP contribution < -0.4 is 4.74 Å². The molecule has 130 valence electrons. The van der Waals surface area contributed by atoms with Gasteiger partial charge in [-0.2, -0.15) is 0 Å². The summed E-state index contributed by atoms with van der Waals surface area (Å²) in [5.41, 5.74) is 0.974. The molecule has 2 unspecified atom stereocenters. The average Bonchev–Trinajstić information content (AvgIpc) is 3.21. The van der Waals surface area contributed by atoms with Gasteiger partial charge in [0.2, 0.25) is 5.91 Å². The molecule has 0 spiro atoms.